The fourth-order valence-corrected chi connectivity index (χ4v) is 2.98. The summed E-state index contributed by atoms with van der Waals surface area (Å²) in [5, 5.41) is 13.2. The lowest BCUT2D eigenvalue weighted by molar-refractivity contribution is -0.146. The van der Waals surface area contributed by atoms with E-state index < -0.39 is 0 Å². The molecule has 1 fully saturated rings. The minimum absolute atomic E-state index is 0.00747. The summed E-state index contributed by atoms with van der Waals surface area (Å²) in [6.45, 7) is 0.514. The average molecular weight is 332 g/mol. The van der Waals surface area contributed by atoms with Crippen molar-refractivity contribution in [2.24, 2.45) is 5.92 Å². The largest absolute Gasteiger partial charge is 0.492 e. The number of methoxy groups -OCH3 is 1. The van der Waals surface area contributed by atoms with E-state index in [1.54, 1.807) is 6.20 Å². The van der Waals surface area contributed by atoms with E-state index in [2.05, 4.69) is 25.3 Å². The van der Waals surface area contributed by atoms with Gasteiger partial charge in [-0.1, -0.05) is 0 Å². The highest BCUT2D eigenvalue weighted by atomic mass is 16.5. The number of carbonyl (C=O) groups excluding carboxylic acids is 1. The number of anilines is 1. The summed E-state index contributed by atoms with van der Waals surface area (Å²) < 4.78 is 4.79. The maximum atomic E-state index is 11.5. The van der Waals surface area contributed by atoms with E-state index >= 15 is 0 Å². The predicted octanol–water partition coefficient (Wildman–Crippen LogP) is 0.529. The van der Waals surface area contributed by atoms with Gasteiger partial charge in [0.1, 0.15) is 0 Å². The molecule has 3 rings (SSSR count). The molecule has 0 spiro atoms. The number of nitrogen functional groups attached to an aromatic ring is 1. The summed E-state index contributed by atoms with van der Waals surface area (Å²) >= 11 is 0. The second kappa shape index (κ2) is 6.91. The first kappa shape index (κ1) is 16.3. The van der Waals surface area contributed by atoms with Crippen LogP contribution in [0.3, 0.4) is 0 Å². The number of esters is 1. The van der Waals surface area contributed by atoms with Crippen molar-refractivity contribution >= 4 is 23.1 Å². The van der Waals surface area contributed by atoms with Crippen molar-refractivity contribution in [1.29, 1.82) is 0 Å². The molecule has 0 atom stereocenters. The van der Waals surface area contributed by atoms with Crippen LogP contribution in [-0.4, -0.2) is 44.2 Å². The van der Waals surface area contributed by atoms with Gasteiger partial charge in [-0.2, -0.15) is 9.97 Å². The molecule has 24 heavy (non-hydrogen) atoms. The standard InChI is InChI=1S/C15H20N6O3/c1-24-14(23)8-2-4-9(5-3-8)17-6-10-7-18-12-11(19-10)13(22)21-15(16)20-12/h7-9,17H,2-6H2,1H3,(H3,16,18,20,21,22). The highest BCUT2D eigenvalue weighted by Gasteiger charge is 2.26. The first-order valence-electron chi connectivity index (χ1n) is 7.86. The van der Waals surface area contributed by atoms with Crippen molar-refractivity contribution in [2.45, 2.75) is 38.3 Å². The topological polar surface area (TPSA) is 136 Å². The van der Waals surface area contributed by atoms with Gasteiger partial charge in [0.15, 0.2) is 11.2 Å². The summed E-state index contributed by atoms with van der Waals surface area (Å²) in [7, 11) is 1.43. The number of aromatic hydroxyl groups is 1. The lowest BCUT2D eigenvalue weighted by atomic mass is 9.86. The Morgan fingerprint density at radius 3 is 2.79 bits per heavy atom. The van der Waals surface area contributed by atoms with Gasteiger partial charge in [0.2, 0.25) is 11.8 Å². The van der Waals surface area contributed by atoms with E-state index in [0.717, 1.165) is 25.7 Å². The summed E-state index contributed by atoms with van der Waals surface area (Å²) in [6, 6.07) is 0.319. The second-order valence-electron chi connectivity index (χ2n) is 5.89. The molecule has 128 valence electrons. The van der Waals surface area contributed by atoms with Crippen LogP contribution in [0.5, 0.6) is 5.88 Å². The predicted molar refractivity (Wildman–Crippen MR) is 85.8 cm³/mol. The minimum Gasteiger partial charge on any atom is -0.492 e. The lowest BCUT2D eigenvalue weighted by Crippen LogP contribution is -2.35. The van der Waals surface area contributed by atoms with E-state index in [4.69, 9.17) is 10.5 Å². The van der Waals surface area contributed by atoms with E-state index in [9.17, 15) is 9.90 Å². The zero-order chi connectivity index (χ0) is 17.1. The van der Waals surface area contributed by atoms with Crippen LogP contribution in [0.2, 0.25) is 0 Å². The third-order valence-electron chi connectivity index (χ3n) is 4.29. The number of hydrogen-bond donors (Lipinski definition) is 3. The molecule has 2 aromatic rings. The molecule has 0 saturated heterocycles. The third kappa shape index (κ3) is 3.51. The van der Waals surface area contributed by atoms with Gasteiger partial charge in [0.25, 0.3) is 0 Å². The molecule has 1 saturated carbocycles. The van der Waals surface area contributed by atoms with Crippen LogP contribution < -0.4 is 11.1 Å². The van der Waals surface area contributed by atoms with Crippen molar-refractivity contribution in [3.63, 3.8) is 0 Å². The summed E-state index contributed by atoms with van der Waals surface area (Å²) in [4.78, 5) is 27.6. The van der Waals surface area contributed by atoms with Gasteiger partial charge < -0.3 is 20.9 Å². The smallest absolute Gasteiger partial charge is 0.308 e. The molecule has 1 aliphatic carbocycles. The fraction of sp³-hybridized carbons (Fsp3) is 0.533. The van der Waals surface area contributed by atoms with Gasteiger partial charge >= 0.3 is 5.97 Å². The highest BCUT2D eigenvalue weighted by Crippen LogP contribution is 2.25. The first-order chi connectivity index (χ1) is 11.6. The van der Waals surface area contributed by atoms with E-state index in [1.165, 1.54) is 7.11 Å². The third-order valence-corrected chi connectivity index (χ3v) is 4.29. The van der Waals surface area contributed by atoms with Crippen LogP contribution in [0.25, 0.3) is 11.2 Å². The summed E-state index contributed by atoms with van der Waals surface area (Å²) in [6.07, 6.45) is 5.06. The number of ether oxygens (including phenoxy) is 1. The van der Waals surface area contributed by atoms with Crippen LogP contribution in [-0.2, 0) is 16.1 Å². The molecule has 0 amide bonds. The zero-order valence-electron chi connectivity index (χ0n) is 13.4. The average Bonchev–Trinajstić information content (AvgIpc) is 2.60. The van der Waals surface area contributed by atoms with Gasteiger partial charge in [-0.25, -0.2) is 9.97 Å². The Hall–Kier alpha value is -2.55. The number of rotatable bonds is 4. The monoisotopic (exact) mass is 332 g/mol. The van der Waals surface area contributed by atoms with Gasteiger partial charge in [-0.3, -0.25) is 4.79 Å². The zero-order valence-corrected chi connectivity index (χ0v) is 13.4. The molecular weight excluding hydrogens is 312 g/mol. The molecular formula is C15H20N6O3. The van der Waals surface area contributed by atoms with Crippen LogP contribution in [0.15, 0.2) is 6.20 Å². The van der Waals surface area contributed by atoms with E-state index in [0.29, 0.717) is 18.3 Å². The first-order valence-corrected chi connectivity index (χ1v) is 7.86. The van der Waals surface area contributed by atoms with Gasteiger partial charge in [-0.05, 0) is 25.7 Å². The molecule has 9 heteroatoms. The van der Waals surface area contributed by atoms with Crippen molar-refractivity contribution in [1.82, 2.24) is 25.3 Å². The molecule has 2 aromatic heterocycles. The Balaban J connectivity index is 1.59. The Kier molecular flexibility index (Phi) is 4.70. The van der Waals surface area contributed by atoms with Crippen molar-refractivity contribution in [3.8, 4) is 5.88 Å². The molecule has 0 aromatic carbocycles. The lowest BCUT2D eigenvalue weighted by Gasteiger charge is -2.27. The molecule has 4 N–H and O–H groups in total. The Bertz CT molecular complexity index is 745. The molecule has 1 aliphatic rings. The molecule has 0 unspecified atom stereocenters. The highest BCUT2D eigenvalue weighted by molar-refractivity contribution is 5.76. The molecule has 0 bridgehead atoms. The summed E-state index contributed by atoms with van der Waals surface area (Å²) in [5.41, 5.74) is 6.65. The molecule has 2 heterocycles. The number of fused-ring (bicyclic) bond motifs is 1. The van der Waals surface area contributed by atoms with Crippen molar-refractivity contribution in [2.75, 3.05) is 12.8 Å². The number of nitrogens with two attached hydrogens (primary N) is 1. The maximum absolute atomic E-state index is 11.5. The SMILES string of the molecule is COC(=O)C1CCC(NCc2cnc3nc(N)nc(O)c3n2)CC1. The normalized spacial score (nSPS) is 20.9. The van der Waals surface area contributed by atoms with E-state index in [-0.39, 0.29) is 34.9 Å². The van der Waals surface area contributed by atoms with Crippen LogP contribution in [0.1, 0.15) is 31.4 Å². The van der Waals surface area contributed by atoms with Crippen molar-refractivity contribution < 1.29 is 14.6 Å². The van der Waals surface area contributed by atoms with E-state index in [1.807, 2.05) is 0 Å². The van der Waals surface area contributed by atoms with Crippen LogP contribution >= 0.6 is 0 Å². The number of nitrogens with one attached hydrogen (secondary N) is 1. The van der Waals surface area contributed by atoms with Gasteiger partial charge in [0, 0.05) is 12.6 Å². The quantitative estimate of drug-likeness (QED) is 0.685. The molecule has 0 radical (unpaired) electrons. The Morgan fingerprint density at radius 2 is 2.08 bits per heavy atom. The second-order valence-corrected chi connectivity index (χ2v) is 5.89. The fourth-order valence-electron chi connectivity index (χ4n) is 2.98. The Labute approximate surface area is 138 Å². The van der Waals surface area contributed by atoms with Crippen LogP contribution in [0.4, 0.5) is 5.95 Å². The number of carbonyl (C=O) groups is 1. The molecule has 9 nitrogen and oxygen atoms in total. The van der Waals surface area contributed by atoms with Gasteiger partial charge in [0.05, 0.1) is 24.9 Å². The summed E-state index contributed by atoms with van der Waals surface area (Å²) in [5.74, 6) is -0.426. The number of hydrogen-bond acceptors (Lipinski definition) is 9. The minimum atomic E-state index is -0.273. The number of nitrogens with zero attached hydrogens (tertiary/aromatic N) is 4. The maximum Gasteiger partial charge on any atom is 0.308 e. The van der Waals surface area contributed by atoms with Crippen LogP contribution in [0, 0.1) is 5.92 Å². The Morgan fingerprint density at radius 1 is 1.33 bits per heavy atom. The van der Waals surface area contributed by atoms with Crippen molar-refractivity contribution in [3.05, 3.63) is 11.9 Å². The van der Waals surface area contributed by atoms with Gasteiger partial charge in [-0.15, -0.1) is 0 Å². The number of aromatic nitrogens is 4. The molecule has 0 aliphatic heterocycles.